The number of hydrogen-bond acceptors (Lipinski definition) is 3. The normalized spacial score (nSPS) is 11.7. The first-order valence-electron chi connectivity index (χ1n) is 14.4. The van der Waals surface area contributed by atoms with Crippen LogP contribution in [0.4, 0.5) is 17.1 Å². The van der Waals surface area contributed by atoms with Crippen LogP contribution in [0.3, 0.4) is 0 Å². The fraction of sp³-hybridized carbons (Fsp3) is 0. The number of rotatable bonds is 6. The Morgan fingerprint density at radius 1 is 0.512 bits per heavy atom. The molecule has 0 saturated heterocycles. The predicted molar refractivity (Wildman–Crippen MR) is 180 cm³/mol. The lowest BCUT2D eigenvalue weighted by Gasteiger charge is -2.25. The Kier molecular flexibility index (Phi) is 5.94. The Labute approximate surface area is 249 Å². The van der Waals surface area contributed by atoms with E-state index in [1.165, 1.54) is 11.1 Å². The summed E-state index contributed by atoms with van der Waals surface area (Å²) in [5.74, 6) is 0. The van der Waals surface area contributed by atoms with Gasteiger partial charge in [-0.05, 0) is 65.2 Å². The molecule has 3 nitrogen and oxygen atoms in total. The molecular weight excluding hydrogens is 526 g/mol. The van der Waals surface area contributed by atoms with Gasteiger partial charge in [-0.2, -0.15) is 0 Å². The maximum absolute atomic E-state index is 6.59. The first kappa shape index (κ1) is 25.0. The number of hydrogen-bond donors (Lipinski definition) is 0. The van der Waals surface area contributed by atoms with Gasteiger partial charge in [0.05, 0.1) is 11.4 Å². The number of allylic oxidation sites excluding steroid dienone is 2. The monoisotopic (exact) mass is 553 g/mol. The van der Waals surface area contributed by atoms with Crippen LogP contribution in [0.15, 0.2) is 161 Å². The Balaban J connectivity index is 1.33. The summed E-state index contributed by atoms with van der Waals surface area (Å²) in [4.78, 5) is 2.25. The zero-order chi connectivity index (χ0) is 28.8. The highest BCUT2D eigenvalue weighted by atomic mass is 16.3. The van der Waals surface area contributed by atoms with Gasteiger partial charge in [0.1, 0.15) is 16.7 Å². The molecule has 0 atom stereocenters. The maximum Gasteiger partial charge on any atom is 0.159 e. The minimum absolute atomic E-state index is 0.833. The van der Waals surface area contributed by atoms with Gasteiger partial charge in [-0.25, -0.2) is 0 Å². The lowest BCUT2D eigenvalue weighted by molar-refractivity contribution is 0.667. The second kappa shape index (κ2) is 10.2. The van der Waals surface area contributed by atoms with Gasteiger partial charge >= 0.3 is 0 Å². The second-order valence-corrected chi connectivity index (χ2v) is 10.6. The van der Waals surface area contributed by atoms with Crippen LogP contribution in [-0.4, -0.2) is 0 Å². The van der Waals surface area contributed by atoms with Crippen molar-refractivity contribution in [3.63, 3.8) is 0 Å². The molecule has 0 aliphatic carbocycles. The molecule has 0 fully saturated rings. The number of fused-ring (bicyclic) bond motifs is 6. The van der Waals surface area contributed by atoms with E-state index in [1.54, 1.807) is 6.08 Å². The van der Waals surface area contributed by atoms with Crippen molar-refractivity contribution in [2.24, 2.45) is 0 Å². The van der Waals surface area contributed by atoms with Gasteiger partial charge in [0.15, 0.2) is 5.58 Å². The molecule has 0 spiro atoms. The highest BCUT2D eigenvalue weighted by Gasteiger charge is 2.20. The summed E-state index contributed by atoms with van der Waals surface area (Å²) >= 11 is 0. The highest BCUT2D eigenvalue weighted by Crippen LogP contribution is 2.44. The van der Waals surface area contributed by atoms with Crippen LogP contribution in [0, 0.1) is 0 Å². The molecule has 2 heterocycles. The lowest BCUT2D eigenvalue weighted by Crippen LogP contribution is -2.10. The smallest absolute Gasteiger partial charge is 0.159 e. The molecule has 8 aromatic rings. The molecule has 0 saturated carbocycles. The number of nitrogens with zero attached hydrogens (tertiary/aromatic N) is 1. The molecule has 3 heteroatoms. The molecule has 8 rings (SSSR count). The molecule has 204 valence electrons. The number of anilines is 3. The topological polar surface area (TPSA) is 29.5 Å². The van der Waals surface area contributed by atoms with Crippen molar-refractivity contribution in [2.75, 3.05) is 4.90 Å². The number of furan rings is 2. The van der Waals surface area contributed by atoms with E-state index < -0.39 is 0 Å². The summed E-state index contributed by atoms with van der Waals surface area (Å²) in [6, 6.07) is 46.4. The van der Waals surface area contributed by atoms with Gasteiger partial charge in [-0.15, -0.1) is 0 Å². The summed E-state index contributed by atoms with van der Waals surface area (Å²) < 4.78 is 12.9. The number of para-hydroxylation sites is 2. The van der Waals surface area contributed by atoms with Crippen molar-refractivity contribution in [3.8, 4) is 11.1 Å². The van der Waals surface area contributed by atoms with E-state index in [4.69, 9.17) is 8.83 Å². The van der Waals surface area contributed by atoms with Gasteiger partial charge < -0.3 is 13.7 Å². The Bertz CT molecular complexity index is 2300. The Morgan fingerprint density at radius 3 is 2.09 bits per heavy atom. The summed E-state index contributed by atoms with van der Waals surface area (Å²) in [7, 11) is 0. The molecular formula is C40H27NO2. The van der Waals surface area contributed by atoms with Crippen molar-refractivity contribution >= 4 is 67.0 Å². The van der Waals surface area contributed by atoms with E-state index in [-0.39, 0.29) is 0 Å². The average Bonchev–Trinajstić information content (AvgIpc) is 3.63. The molecule has 0 aliphatic heterocycles. The second-order valence-electron chi connectivity index (χ2n) is 10.6. The molecule has 0 unspecified atom stereocenters. The predicted octanol–water partition coefficient (Wildman–Crippen LogP) is 11.8. The maximum atomic E-state index is 6.59. The van der Waals surface area contributed by atoms with Crippen LogP contribution in [0.2, 0.25) is 0 Å². The van der Waals surface area contributed by atoms with Crippen LogP contribution in [0.1, 0.15) is 5.56 Å². The zero-order valence-electron chi connectivity index (χ0n) is 23.4. The quantitative estimate of drug-likeness (QED) is 0.192. The Morgan fingerprint density at radius 2 is 1.23 bits per heavy atom. The molecule has 2 aromatic heterocycles. The molecule has 6 aromatic carbocycles. The SMILES string of the molecule is C=C/C=C\c1ccc2oc3c(N(c4ccc(-c5ccccc5)cc4)c4ccc5c(c4)oc4ccccc45)cccc3c2c1. The van der Waals surface area contributed by atoms with Crippen molar-refractivity contribution < 1.29 is 8.83 Å². The van der Waals surface area contributed by atoms with Gasteiger partial charge in [0.2, 0.25) is 0 Å². The third kappa shape index (κ3) is 4.30. The van der Waals surface area contributed by atoms with E-state index in [9.17, 15) is 0 Å². The van der Waals surface area contributed by atoms with Crippen molar-refractivity contribution in [1.29, 1.82) is 0 Å². The van der Waals surface area contributed by atoms with Crippen LogP contribution in [-0.2, 0) is 0 Å². The van der Waals surface area contributed by atoms with Gasteiger partial charge in [-0.1, -0.05) is 104 Å². The summed E-state index contributed by atoms with van der Waals surface area (Å²) in [5.41, 5.74) is 9.84. The highest BCUT2D eigenvalue weighted by molar-refractivity contribution is 6.11. The minimum Gasteiger partial charge on any atom is -0.456 e. The van der Waals surface area contributed by atoms with Gasteiger partial charge in [-0.3, -0.25) is 0 Å². The number of benzene rings is 6. The molecule has 0 bridgehead atoms. The molecule has 43 heavy (non-hydrogen) atoms. The molecule has 0 N–H and O–H groups in total. The van der Waals surface area contributed by atoms with Crippen LogP contribution in [0.5, 0.6) is 0 Å². The fourth-order valence-corrected chi connectivity index (χ4v) is 5.97. The van der Waals surface area contributed by atoms with E-state index >= 15 is 0 Å². The average molecular weight is 554 g/mol. The van der Waals surface area contributed by atoms with E-state index in [0.29, 0.717) is 0 Å². The van der Waals surface area contributed by atoms with Crippen LogP contribution < -0.4 is 4.90 Å². The van der Waals surface area contributed by atoms with E-state index in [2.05, 4.69) is 121 Å². The molecule has 0 radical (unpaired) electrons. The standard InChI is InChI=1S/C40H27NO2/c1-2-3-10-27-17-24-38-35(25-27)34-14-9-15-36(40(34)43-38)41(30-20-18-29(19-21-30)28-11-5-4-6-12-28)31-22-23-33-32-13-7-8-16-37(32)42-39(33)26-31/h2-26H,1H2/b10-3-. The largest absolute Gasteiger partial charge is 0.456 e. The van der Waals surface area contributed by atoms with Crippen molar-refractivity contribution in [3.05, 3.63) is 158 Å². The minimum atomic E-state index is 0.833. The first-order valence-corrected chi connectivity index (χ1v) is 14.4. The first-order chi connectivity index (χ1) is 21.3. The third-order valence-electron chi connectivity index (χ3n) is 8.02. The van der Waals surface area contributed by atoms with Crippen molar-refractivity contribution in [1.82, 2.24) is 0 Å². The summed E-state index contributed by atoms with van der Waals surface area (Å²) in [5, 5.41) is 4.36. The summed E-state index contributed by atoms with van der Waals surface area (Å²) in [6.07, 6.45) is 5.79. The van der Waals surface area contributed by atoms with E-state index in [0.717, 1.165) is 66.5 Å². The molecule has 0 amide bonds. The van der Waals surface area contributed by atoms with Crippen LogP contribution in [0.25, 0.3) is 61.1 Å². The lowest BCUT2D eigenvalue weighted by atomic mass is 10.0. The van der Waals surface area contributed by atoms with Crippen LogP contribution >= 0.6 is 0 Å². The van der Waals surface area contributed by atoms with Crippen molar-refractivity contribution in [2.45, 2.75) is 0 Å². The Hall–Kier alpha value is -5.80. The van der Waals surface area contributed by atoms with Gasteiger partial charge in [0, 0.05) is 33.3 Å². The summed E-state index contributed by atoms with van der Waals surface area (Å²) in [6.45, 7) is 3.80. The third-order valence-corrected chi connectivity index (χ3v) is 8.02. The van der Waals surface area contributed by atoms with E-state index in [1.807, 2.05) is 36.4 Å². The molecule has 0 aliphatic rings. The zero-order valence-corrected chi connectivity index (χ0v) is 23.4. The fourth-order valence-electron chi connectivity index (χ4n) is 5.97. The van der Waals surface area contributed by atoms with Gasteiger partial charge in [0.25, 0.3) is 0 Å².